The maximum Gasteiger partial charge on any atom is 0.269 e. The van der Waals surface area contributed by atoms with Gasteiger partial charge in [-0.1, -0.05) is 35.5 Å². The number of carbonyl (C=O) groups excluding carboxylic acids is 1. The highest BCUT2D eigenvalue weighted by Gasteiger charge is 2.22. The van der Waals surface area contributed by atoms with E-state index in [1.54, 1.807) is 30.3 Å². The van der Waals surface area contributed by atoms with E-state index in [9.17, 15) is 19.8 Å². The molecular formula is C15H14N4O4. The lowest BCUT2D eigenvalue weighted by Crippen LogP contribution is -2.22. The first-order valence-corrected chi connectivity index (χ1v) is 6.72. The number of amides is 1. The lowest BCUT2D eigenvalue weighted by Gasteiger charge is -2.15. The molecule has 0 saturated carbocycles. The number of benzene rings is 2. The number of nitrogens with two attached hydrogens (primary N) is 1. The summed E-state index contributed by atoms with van der Waals surface area (Å²) in [6, 6.07) is 11.4. The normalized spacial score (nSPS) is 11.5. The Labute approximate surface area is 131 Å². The van der Waals surface area contributed by atoms with Crippen LogP contribution in [0.5, 0.6) is 0 Å². The molecule has 1 unspecified atom stereocenters. The van der Waals surface area contributed by atoms with Gasteiger partial charge in [0.25, 0.3) is 5.69 Å². The second-order valence-electron chi connectivity index (χ2n) is 4.70. The Bertz CT molecular complexity index is 734. The quantitative estimate of drug-likeness (QED) is 0.480. The fourth-order valence-corrected chi connectivity index (χ4v) is 2.14. The molecule has 2 aromatic carbocycles. The van der Waals surface area contributed by atoms with Crippen LogP contribution in [0.3, 0.4) is 0 Å². The summed E-state index contributed by atoms with van der Waals surface area (Å²) in [6.45, 7) is -0.249. The minimum absolute atomic E-state index is 0.199. The van der Waals surface area contributed by atoms with Crippen LogP contribution in [-0.4, -0.2) is 17.4 Å². The molecule has 1 atom stereocenters. The Balaban J connectivity index is 2.55. The van der Waals surface area contributed by atoms with Crippen LogP contribution in [0.4, 0.5) is 11.4 Å². The number of nitrogens with zero attached hydrogens (tertiary/aromatic N) is 2. The van der Waals surface area contributed by atoms with Crippen molar-refractivity contribution < 1.29 is 9.72 Å². The van der Waals surface area contributed by atoms with Gasteiger partial charge in [-0.2, -0.15) is 0 Å². The summed E-state index contributed by atoms with van der Waals surface area (Å²) in [7, 11) is 0. The van der Waals surface area contributed by atoms with Gasteiger partial charge in [0.1, 0.15) is 6.04 Å². The monoisotopic (exact) mass is 314 g/mol. The molecule has 8 nitrogen and oxygen atoms in total. The molecule has 8 heteroatoms. The summed E-state index contributed by atoms with van der Waals surface area (Å²) in [4.78, 5) is 33.3. The van der Waals surface area contributed by atoms with E-state index in [2.05, 4.69) is 10.5 Å². The number of rotatable bonds is 6. The summed E-state index contributed by atoms with van der Waals surface area (Å²) in [5.74, 6) is -0.474. The summed E-state index contributed by atoms with van der Waals surface area (Å²) in [6.07, 6.45) is 0. The molecule has 0 aliphatic heterocycles. The number of hydrogen-bond acceptors (Lipinski definition) is 6. The minimum Gasteiger partial charge on any atom is -0.325 e. The third-order valence-electron chi connectivity index (χ3n) is 3.22. The Kier molecular flexibility index (Phi) is 5.11. The Hall–Kier alpha value is -3.13. The molecule has 2 aromatic rings. The van der Waals surface area contributed by atoms with Gasteiger partial charge in [-0.05, 0) is 11.6 Å². The number of nitro benzene ring substituents is 1. The number of hydrogen-bond donors (Lipinski definition) is 2. The SMILES string of the molecule is NCC(=O)Nc1ccc([N+](=O)[O-])cc1C(N=O)c1ccccc1. The molecule has 0 aromatic heterocycles. The van der Waals surface area contributed by atoms with Gasteiger partial charge >= 0.3 is 0 Å². The molecular weight excluding hydrogens is 300 g/mol. The van der Waals surface area contributed by atoms with Crippen molar-refractivity contribution in [1.29, 1.82) is 0 Å². The first kappa shape index (κ1) is 16.2. The van der Waals surface area contributed by atoms with Crippen LogP contribution < -0.4 is 11.1 Å². The molecule has 3 N–H and O–H groups in total. The first-order valence-electron chi connectivity index (χ1n) is 6.72. The molecule has 0 fully saturated rings. The number of anilines is 1. The topological polar surface area (TPSA) is 128 Å². The van der Waals surface area contributed by atoms with Crippen molar-refractivity contribution in [3.05, 3.63) is 74.7 Å². The molecule has 0 saturated heterocycles. The average molecular weight is 314 g/mol. The molecule has 2 rings (SSSR count). The van der Waals surface area contributed by atoms with Gasteiger partial charge in [-0.3, -0.25) is 14.9 Å². The van der Waals surface area contributed by atoms with Crippen LogP contribution in [0.25, 0.3) is 0 Å². The van der Waals surface area contributed by atoms with Crippen LogP contribution in [0.1, 0.15) is 17.2 Å². The molecule has 0 heterocycles. The maximum atomic E-state index is 11.5. The zero-order valence-electron chi connectivity index (χ0n) is 12.0. The lowest BCUT2D eigenvalue weighted by molar-refractivity contribution is -0.384. The maximum absolute atomic E-state index is 11.5. The van der Waals surface area contributed by atoms with Crippen LogP contribution in [0, 0.1) is 15.0 Å². The molecule has 23 heavy (non-hydrogen) atoms. The first-order chi connectivity index (χ1) is 11.1. The van der Waals surface area contributed by atoms with Crippen molar-refractivity contribution in [2.75, 3.05) is 11.9 Å². The van der Waals surface area contributed by atoms with Gasteiger partial charge < -0.3 is 11.1 Å². The summed E-state index contributed by atoms with van der Waals surface area (Å²) in [5.41, 5.74) is 6.13. The van der Waals surface area contributed by atoms with E-state index in [1.807, 2.05) is 0 Å². The molecule has 0 radical (unpaired) electrons. The van der Waals surface area contributed by atoms with E-state index in [1.165, 1.54) is 18.2 Å². The number of nitroso groups, excluding NO2 is 1. The van der Waals surface area contributed by atoms with Crippen molar-refractivity contribution in [1.82, 2.24) is 0 Å². The van der Waals surface area contributed by atoms with E-state index in [4.69, 9.17) is 5.73 Å². The second kappa shape index (κ2) is 7.23. The number of non-ortho nitro benzene ring substituents is 1. The van der Waals surface area contributed by atoms with Crippen molar-refractivity contribution in [2.24, 2.45) is 10.9 Å². The Morgan fingerprint density at radius 3 is 2.52 bits per heavy atom. The van der Waals surface area contributed by atoms with Gasteiger partial charge in [0, 0.05) is 23.4 Å². The summed E-state index contributed by atoms with van der Waals surface area (Å²) in [5, 5.41) is 16.6. The smallest absolute Gasteiger partial charge is 0.269 e. The molecule has 118 valence electrons. The average Bonchev–Trinajstić information content (AvgIpc) is 2.57. The van der Waals surface area contributed by atoms with Gasteiger partial charge in [0.2, 0.25) is 5.91 Å². The third kappa shape index (κ3) is 3.74. The van der Waals surface area contributed by atoms with Gasteiger partial charge in [0.05, 0.1) is 11.5 Å². The van der Waals surface area contributed by atoms with Gasteiger partial charge in [-0.15, -0.1) is 4.91 Å². The predicted molar refractivity (Wildman–Crippen MR) is 84.9 cm³/mol. The van der Waals surface area contributed by atoms with Crippen LogP contribution in [-0.2, 0) is 4.79 Å². The zero-order chi connectivity index (χ0) is 16.8. The van der Waals surface area contributed by atoms with E-state index >= 15 is 0 Å². The van der Waals surface area contributed by atoms with Crippen molar-refractivity contribution in [3.8, 4) is 0 Å². The predicted octanol–water partition coefficient (Wildman–Crippen LogP) is 2.35. The molecule has 0 aliphatic carbocycles. The Morgan fingerprint density at radius 2 is 1.96 bits per heavy atom. The minimum atomic E-state index is -0.982. The third-order valence-corrected chi connectivity index (χ3v) is 3.22. The summed E-state index contributed by atoms with van der Waals surface area (Å²) >= 11 is 0. The lowest BCUT2D eigenvalue weighted by atomic mass is 9.97. The number of nitro groups is 1. The zero-order valence-corrected chi connectivity index (χ0v) is 12.0. The molecule has 0 spiro atoms. The van der Waals surface area contributed by atoms with E-state index in [0.717, 1.165) is 0 Å². The number of nitrogens with one attached hydrogen (secondary N) is 1. The standard InChI is InChI=1S/C15H14N4O4/c16-9-14(20)17-13-7-6-11(19(22)23)8-12(13)15(18-21)10-4-2-1-3-5-10/h1-8,15H,9,16H2,(H,17,20). The van der Waals surface area contributed by atoms with E-state index in [0.29, 0.717) is 5.56 Å². The summed E-state index contributed by atoms with van der Waals surface area (Å²) < 4.78 is 0. The van der Waals surface area contributed by atoms with E-state index < -0.39 is 16.9 Å². The van der Waals surface area contributed by atoms with Gasteiger partial charge in [-0.25, -0.2) is 0 Å². The van der Waals surface area contributed by atoms with Crippen LogP contribution in [0.2, 0.25) is 0 Å². The molecule has 0 aliphatic rings. The van der Waals surface area contributed by atoms with Crippen molar-refractivity contribution in [3.63, 3.8) is 0 Å². The second-order valence-corrected chi connectivity index (χ2v) is 4.70. The van der Waals surface area contributed by atoms with Crippen LogP contribution >= 0.6 is 0 Å². The highest BCUT2D eigenvalue weighted by atomic mass is 16.6. The fraction of sp³-hybridized carbons (Fsp3) is 0.133. The van der Waals surface area contributed by atoms with Gasteiger partial charge in [0.15, 0.2) is 0 Å². The van der Waals surface area contributed by atoms with E-state index in [-0.39, 0.29) is 23.5 Å². The highest BCUT2D eigenvalue weighted by molar-refractivity contribution is 5.93. The Morgan fingerprint density at radius 1 is 1.26 bits per heavy atom. The highest BCUT2D eigenvalue weighted by Crippen LogP contribution is 2.34. The van der Waals surface area contributed by atoms with Crippen LogP contribution in [0.15, 0.2) is 53.7 Å². The molecule has 1 amide bonds. The number of carbonyl (C=O) groups is 1. The fourth-order valence-electron chi connectivity index (χ4n) is 2.14. The molecule has 0 bridgehead atoms. The largest absolute Gasteiger partial charge is 0.325 e. The van der Waals surface area contributed by atoms with Crippen molar-refractivity contribution >= 4 is 17.3 Å². The van der Waals surface area contributed by atoms with Crippen molar-refractivity contribution in [2.45, 2.75) is 6.04 Å².